The molecule has 1 rings (SSSR count). The zero-order chi connectivity index (χ0) is 10.4. The number of hydrogen-bond acceptors (Lipinski definition) is 2. The van der Waals surface area contributed by atoms with E-state index in [1.165, 1.54) is 11.9 Å². The minimum Gasteiger partial charge on any atom is -0.275 e. The van der Waals surface area contributed by atoms with Crippen molar-refractivity contribution < 1.29 is 9.59 Å². The Labute approximate surface area is 80.3 Å². The Kier molecular flexibility index (Phi) is 2.32. The monoisotopic (exact) mass is 204 g/mol. The van der Waals surface area contributed by atoms with Gasteiger partial charge in [-0.2, -0.15) is 10.2 Å². The highest BCUT2D eigenvalue weighted by atomic mass is 32.3. The van der Waals surface area contributed by atoms with Gasteiger partial charge in [-0.15, -0.1) is 0 Å². The van der Waals surface area contributed by atoms with Crippen LogP contribution in [-0.2, 0) is 4.79 Å². The largest absolute Gasteiger partial charge is 0.335 e. The molecule has 5 heteroatoms. The van der Waals surface area contributed by atoms with E-state index in [1.54, 1.807) is 11.2 Å². The molecule has 0 radical (unpaired) electrons. The van der Waals surface area contributed by atoms with Crippen LogP contribution in [0.2, 0.25) is 0 Å². The molecule has 1 saturated heterocycles. The van der Waals surface area contributed by atoms with Crippen LogP contribution >= 0.6 is 10.2 Å². The highest BCUT2D eigenvalue weighted by molar-refractivity contribution is 8.30. The molecule has 0 saturated carbocycles. The average molecular weight is 204 g/mol. The smallest absolute Gasteiger partial charge is 0.275 e. The van der Waals surface area contributed by atoms with Gasteiger partial charge in [0.05, 0.1) is 0 Å². The maximum Gasteiger partial charge on any atom is 0.335 e. The summed E-state index contributed by atoms with van der Waals surface area (Å²) in [5.74, 6) is -0.104. The van der Waals surface area contributed by atoms with E-state index in [9.17, 15) is 9.59 Å². The Bertz CT molecular complexity index is 259. The number of rotatable bonds is 1. The molecular formula is C8H16N2O2S. The second kappa shape index (κ2) is 2.90. The van der Waals surface area contributed by atoms with E-state index in [2.05, 4.69) is 0 Å². The summed E-state index contributed by atoms with van der Waals surface area (Å²) in [5.41, 5.74) is 0. The lowest BCUT2D eigenvalue weighted by Crippen LogP contribution is -2.34. The van der Waals surface area contributed by atoms with Crippen molar-refractivity contribution in [2.45, 2.75) is 13.0 Å². The molecule has 0 N–H and O–H groups in total. The Morgan fingerprint density at radius 1 is 1.23 bits per heavy atom. The molecule has 0 spiro atoms. The molecule has 76 valence electrons. The maximum atomic E-state index is 11.6. The SMILES string of the molecule is C[C@@H]1C(=O)N(C)C(=O)N1S(C)(C)C. The van der Waals surface area contributed by atoms with E-state index >= 15 is 0 Å². The Morgan fingerprint density at radius 3 is 1.85 bits per heavy atom. The van der Waals surface area contributed by atoms with Gasteiger partial charge in [-0.05, 0) is 25.7 Å². The predicted octanol–water partition coefficient (Wildman–Crippen LogP) is 0.878. The Morgan fingerprint density at radius 2 is 1.69 bits per heavy atom. The summed E-state index contributed by atoms with van der Waals surface area (Å²) in [4.78, 5) is 24.3. The lowest BCUT2D eigenvalue weighted by molar-refractivity contribution is -0.126. The summed E-state index contributed by atoms with van der Waals surface area (Å²) in [6.45, 7) is 1.78. The van der Waals surface area contributed by atoms with Crippen LogP contribution < -0.4 is 0 Å². The Balaban J connectivity index is 3.01. The first-order valence-electron chi connectivity index (χ1n) is 4.06. The van der Waals surface area contributed by atoms with Crippen molar-refractivity contribution in [3.63, 3.8) is 0 Å². The summed E-state index contributed by atoms with van der Waals surface area (Å²) in [6.07, 6.45) is 6.02. The molecule has 13 heavy (non-hydrogen) atoms. The van der Waals surface area contributed by atoms with Gasteiger partial charge in [-0.1, -0.05) is 0 Å². The van der Waals surface area contributed by atoms with Crippen LogP contribution in [0.4, 0.5) is 4.79 Å². The third-order valence-electron chi connectivity index (χ3n) is 2.11. The normalized spacial score (nSPS) is 25.8. The lowest BCUT2D eigenvalue weighted by Gasteiger charge is -2.38. The highest BCUT2D eigenvalue weighted by Crippen LogP contribution is 2.44. The van der Waals surface area contributed by atoms with Crippen molar-refractivity contribution in [1.82, 2.24) is 9.21 Å². The summed E-state index contributed by atoms with van der Waals surface area (Å²) >= 11 is 0. The molecule has 3 amide bonds. The van der Waals surface area contributed by atoms with Gasteiger partial charge in [-0.3, -0.25) is 14.0 Å². The molecule has 0 bridgehead atoms. The fraction of sp³-hybridized carbons (Fsp3) is 0.750. The number of likely N-dealkylation sites (N-methyl/N-ethyl adjacent to an activating group) is 1. The second-order valence-corrected chi connectivity index (χ2v) is 7.89. The van der Waals surface area contributed by atoms with Gasteiger partial charge in [0.1, 0.15) is 6.04 Å². The minimum absolute atomic E-state index is 0.104. The first kappa shape index (κ1) is 10.4. The van der Waals surface area contributed by atoms with E-state index < -0.39 is 10.2 Å². The fourth-order valence-corrected chi connectivity index (χ4v) is 3.13. The van der Waals surface area contributed by atoms with Crippen LogP contribution in [-0.4, -0.2) is 53.0 Å². The van der Waals surface area contributed by atoms with E-state index in [1.807, 2.05) is 18.8 Å². The summed E-state index contributed by atoms with van der Waals surface area (Å²) in [6, 6.07) is -0.465. The first-order chi connectivity index (χ1) is 5.76. The third-order valence-corrected chi connectivity index (χ3v) is 3.76. The zero-order valence-electron chi connectivity index (χ0n) is 8.70. The van der Waals surface area contributed by atoms with Gasteiger partial charge in [0.2, 0.25) is 0 Å². The molecule has 4 nitrogen and oxygen atoms in total. The van der Waals surface area contributed by atoms with Gasteiger partial charge >= 0.3 is 6.03 Å². The average Bonchev–Trinajstić information content (AvgIpc) is 2.14. The predicted molar refractivity (Wildman–Crippen MR) is 54.8 cm³/mol. The summed E-state index contributed by atoms with van der Waals surface area (Å²) in [7, 11) is 0.389. The van der Waals surface area contributed by atoms with Crippen LogP contribution in [0.25, 0.3) is 0 Å². The number of carbonyl (C=O) groups is 2. The molecule has 0 aromatic heterocycles. The molecule has 1 fully saturated rings. The number of imide groups is 1. The molecule has 1 aliphatic rings. The van der Waals surface area contributed by atoms with Crippen molar-refractivity contribution >= 4 is 22.2 Å². The molecule has 0 aromatic carbocycles. The van der Waals surface area contributed by atoms with E-state index in [-0.39, 0.29) is 18.0 Å². The van der Waals surface area contributed by atoms with Gasteiger partial charge < -0.3 is 0 Å². The molecule has 0 aliphatic carbocycles. The molecule has 1 atom stereocenters. The van der Waals surface area contributed by atoms with Crippen LogP contribution in [0.5, 0.6) is 0 Å². The molecule has 1 aliphatic heterocycles. The highest BCUT2D eigenvalue weighted by Gasteiger charge is 2.43. The van der Waals surface area contributed by atoms with Gasteiger partial charge in [0, 0.05) is 7.05 Å². The molecule has 1 heterocycles. The minimum atomic E-state index is -1.15. The summed E-state index contributed by atoms with van der Waals surface area (Å²) < 4.78 is 1.69. The fourth-order valence-electron chi connectivity index (χ4n) is 1.50. The first-order valence-corrected chi connectivity index (χ1v) is 6.87. The molecular weight excluding hydrogens is 188 g/mol. The van der Waals surface area contributed by atoms with Crippen molar-refractivity contribution in [2.24, 2.45) is 0 Å². The maximum absolute atomic E-state index is 11.6. The van der Waals surface area contributed by atoms with Crippen LogP contribution in [0.3, 0.4) is 0 Å². The number of hydrogen-bond donors (Lipinski definition) is 0. The number of urea groups is 1. The van der Waals surface area contributed by atoms with Crippen LogP contribution in [0, 0.1) is 0 Å². The third kappa shape index (κ3) is 1.52. The van der Waals surface area contributed by atoms with Crippen molar-refractivity contribution in [2.75, 3.05) is 25.8 Å². The summed E-state index contributed by atoms with van der Waals surface area (Å²) in [5, 5.41) is 0. The standard InChI is InChI=1S/C8H16N2O2S/c1-6-7(11)9(2)8(12)10(6)13(3,4)5/h6H,1-5H3/t6-/m1/s1. The molecule has 0 aromatic rings. The topological polar surface area (TPSA) is 40.6 Å². The second-order valence-electron chi connectivity index (χ2n) is 3.95. The van der Waals surface area contributed by atoms with Gasteiger partial charge in [0.15, 0.2) is 0 Å². The quantitative estimate of drug-likeness (QED) is 0.595. The van der Waals surface area contributed by atoms with E-state index in [4.69, 9.17) is 0 Å². The Hall–Kier alpha value is -0.710. The van der Waals surface area contributed by atoms with Crippen LogP contribution in [0.1, 0.15) is 6.92 Å². The van der Waals surface area contributed by atoms with Crippen molar-refractivity contribution in [3.8, 4) is 0 Å². The van der Waals surface area contributed by atoms with E-state index in [0.29, 0.717) is 0 Å². The van der Waals surface area contributed by atoms with Gasteiger partial charge in [0.25, 0.3) is 5.91 Å². The van der Waals surface area contributed by atoms with E-state index in [0.717, 1.165) is 0 Å². The van der Waals surface area contributed by atoms with Crippen molar-refractivity contribution in [1.29, 1.82) is 0 Å². The lowest BCUT2D eigenvalue weighted by atomic mass is 10.3. The van der Waals surface area contributed by atoms with Gasteiger partial charge in [-0.25, -0.2) is 4.79 Å². The number of amides is 3. The number of carbonyl (C=O) groups excluding carboxylic acids is 2. The number of nitrogens with zero attached hydrogens (tertiary/aromatic N) is 2. The van der Waals surface area contributed by atoms with Crippen LogP contribution in [0.15, 0.2) is 0 Å². The van der Waals surface area contributed by atoms with Crippen molar-refractivity contribution in [3.05, 3.63) is 0 Å². The molecule has 0 unspecified atom stereocenters. The zero-order valence-corrected chi connectivity index (χ0v) is 9.51.